The number of benzene rings is 1. The van der Waals surface area contributed by atoms with E-state index in [9.17, 15) is 14.0 Å². The van der Waals surface area contributed by atoms with Crippen molar-refractivity contribution in [1.29, 1.82) is 0 Å². The van der Waals surface area contributed by atoms with E-state index in [0.29, 0.717) is 13.0 Å². The summed E-state index contributed by atoms with van der Waals surface area (Å²) in [5.41, 5.74) is 0.278. The topological polar surface area (TPSA) is 78.9 Å². The van der Waals surface area contributed by atoms with E-state index in [2.05, 4.69) is 11.2 Å². The Balaban J connectivity index is 2.05. The highest BCUT2D eigenvalue weighted by atomic mass is 19.1. The van der Waals surface area contributed by atoms with E-state index in [1.165, 1.54) is 17.0 Å². The second-order valence-corrected chi connectivity index (χ2v) is 4.83. The molecule has 2 N–H and O–H groups in total. The molecule has 0 aromatic heterocycles. The minimum absolute atomic E-state index is 0.0584. The first-order valence-corrected chi connectivity index (χ1v) is 6.66. The number of carbonyl (C=O) groups excluding carboxylic acids is 1. The smallest absolute Gasteiger partial charge is 0.321 e. The fraction of sp³-hybridized carbons (Fsp3) is 0.333. The minimum atomic E-state index is -0.921. The first kappa shape index (κ1) is 15.6. The minimum Gasteiger partial charge on any atom is -0.481 e. The fourth-order valence-electron chi connectivity index (χ4n) is 2.18. The molecule has 22 heavy (non-hydrogen) atoms. The molecule has 0 spiro atoms. The predicted molar refractivity (Wildman–Crippen MR) is 77.1 cm³/mol. The molecule has 1 aliphatic heterocycles. The second kappa shape index (κ2) is 6.80. The van der Waals surface area contributed by atoms with E-state index in [1.807, 2.05) is 0 Å². The number of likely N-dealkylation sites (tertiary alicyclic amines) is 1. The van der Waals surface area contributed by atoms with Gasteiger partial charge in [-0.05, 0) is 18.6 Å². The maximum atomic E-state index is 13.2. The third-order valence-corrected chi connectivity index (χ3v) is 3.32. The molecule has 1 saturated heterocycles. The largest absolute Gasteiger partial charge is 0.481 e. The van der Waals surface area contributed by atoms with Gasteiger partial charge in [-0.15, -0.1) is 6.42 Å². The third-order valence-electron chi connectivity index (χ3n) is 3.32. The Morgan fingerprint density at radius 1 is 1.55 bits per heavy atom. The van der Waals surface area contributed by atoms with Crippen LogP contribution in [0.3, 0.4) is 0 Å². The average molecular weight is 306 g/mol. The number of rotatable bonds is 4. The van der Waals surface area contributed by atoms with Crippen LogP contribution in [-0.4, -0.2) is 41.7 Å². The zero-order valence-corrected chi connectivity index (χ0v) is 11.7. The van der Waals surface area contributed by atoms with E-state index < -0.39 is 23.7 Å². The van der Waals surface area contributed by atoms with Gasteiger partial charge >= 0.3 is 12.0 Å². The van der Waals surface area contributed by atoms with Crippen LogP contribution < -0.4 is 10.1 Å². The summed E-state index contributed by atoms with van der Waals surface area (Å²) in [6, 6.07) is 3.21. The van der Waals surface area contributed by atoms with E-state index in [1.54, 1.807) is 0 Å². The summed E-state index contributed by atoms with van der Waals surface area (Å²) in [5.74, 6) is 0.385. The maximum absolute atomic E-state index is 13.2. The normalized spacial score (nSPS) is 16.9. The van der Waals surface area contributed by atoms with E-state index in [4.69, 9.17) is 16.3 Å². The molecule has 1 fully saturated rings. The molecule has 0 saturated carbocycles. The lowest BCUT2D eigenvalue weighted by Gasteiger charge is -2.18. The highest BCUT2D eigenvalue weighted by Gasteiger charge is 2.31. The SMILES string of the molecule is C#CCOc1cc(F)ccc1NC(=O)N1CCC(C(=O)O)C1. The van der Waals surface area contributed by atoms with Gasteiger partial charge in [-0.1, -0.05) is 5.92 Å². The van der Waals surface area contributed by atoms with Crippen molar-refractivity contribution in [3.8, 4) is 18.1 Å². The number of ether oxygens (including phenoxy) is 1. The van der Waals surface area contributed by atoms with Crippen molar-refractivity contribution in [2.24, 2.45) is 5.92 Å². The third kappa shape index (κ3) is 3.67. The van der Waals surface area contributed by atoms with Gasteiger partial charge < -0.3 is 20.1 Å². The summed E-state index contributed by atoms with van der Waals surface area (Å²) in [4.78, 5) is 24.4. The molecule has 1 unspecified atom stereocenters. The molecular formula is C15H15FN2O4. The Morgan fingerprint density at radius 2 is 2.32 bits per heavy atom. The number of nitrogens with zero attached hydrogens (tertiary/aromatic N) is 1. The lowest BCUT2D eigenvalue weighted by atomic mass is 10.1. The van der Waals surface area contributed by atoms with Crippen LogP contribution in [0.4, 0.5) is 14.9 Å². The summed E-state index contributed by atoms with van der Waals surface area (Å²) in [6.45, 7) is 0.435. The average Bonchev–Trinajstić information content (AvgIpc) is 2.97. The summed E-state index contributed by atoms with van der Waals surface area (Å²) in [5, 5.41) is 11.5. The number of hydrogen-bond donors (Lipinski definition) is 2. The van der Waals surface area contributed by atoms with Crippen LogP contribution in [0, 0.1) is 24.1 Å². The Bertz CT molecular complexity index is 626. The van der Waals surface area contributed by atoms with Gasteiger partial charge in [0.15, 0.2) is 0 Å². The van der Waals surface area contributed by atoms with Crippen molar-refractivity contribution in [1.82, 2.24) is 4.90 Å². The van der Waals surface area contributed by atoms with Crippen LogP contribution in [0.5, 0.6) is 5.75 Å². The Labute approximate surface area is 126 Å². The number of aliphatic carboxylic acids is 1. The van der Waals surface area contributed by atoms with Gasteiger partial charge in [0.1, 0.15) is 18.2 Å². The molecular weight excluding hydrogens is 291 g/mol. The van der Waals surface area contributed by atoms with Gasteiger partial charge in [-0.2, -0.15) is 0 Å². The second-order valence-electron chi connectivity index (χ2n) is 4.83. The van der Waals surface area contributed by atoms with Crippen LogP contribution >= 0.6 is 0 Å². The number of halogens is 1. The molecule has 6 nitrogen and oxygen atoms in total. The summed E-state index contributed by atoms with van der Waals surface area (Å²) in [7, 11) is 0. The molecule has 0 aliphatic carbocycles. The lowest BCUT2D eigenvalue weighted by molar-refractivity contribution is -0.141. The first-order valence-electron chi connectivity index (χ1n) is 6.66. The number of terminal acetylenes is 1. The number of nitrogens with one attached hydrogen (secondary N) is 1. The first-order chi connectivity index (χ1) is 10.5. The van der Waals surface area contributed by atoms with Gasteiger partial charge in [0, 0.05) is 19.2 Å². The lowest BCUT2D eigenvalue weighted by Crippen LogP contribution is -2.33. The number of urea groups is 1. The molecule has 1 heterocycles. The van der Waals surface area contributed by atoms with Crippen LogP contribution in [0.25, 0.3) is 0 Å². The van der Waals surface area contributed by atoms with Crippen molar-refractivity contribution in [2.75, 3.05) is 25.0 Å². The Morgan fingerprint density at radius 3 is 2.95 bits per heavy atom. The number of amides is 2. The quantitative estimate of drug-likeness (QED) is 0.831. The molecule has 2 rings (SSSR count). The molecule has 116 valence electrons. The zero-order valence-electron chi connectivity index (χ0n) is 11.7. The maximum Gasteiger partial charge on any atom is 0.321 e. The molecule has 7 heteroatoms. The standard InChI is InChI=1S/C15H15FN2O4/c1-2-7-22-13-8-11(16)3-4-12(13)17-15(21)18-6-5-10(9-18)14(19)20/h1,3-4,8,10H,5-7,9H2,(H,17,21)(H,19,20). The monoisotopic (exact) mass is 306 g/mol. The number of carbonyl (C=O) groups is 2. The molecule has 0 radical (unpaired) electrons. The van der Waals surface area contributed by atoms with E-state index >= 15 is 0 Å². The van der Waals surface area contributed by atoms with Gasteiger partial charge in [0.2, 0.25) is 0 Å². The molecule has 1 aromatic rings. The fourth-order valence-corrected chi connectivity index (χ4v) is 2.18. The van der Waals surface area contributed by atoms with Gasteiger partial charge in [0.05, 0.1) is 11.6 Å². The van der Waals surface area contributed by atoms with Crippen LogP contribution in [0.15, 0.2) is 18.2 Å². The van der Waals surface area contributed by atoms with Crippen molar-refractivity contribution in [3.05, 3.63) is 24.0 Å². The molecule has 1 atom stereocenters. The van der Waals surface area contributed by atoms with E-state index in [0.717, 1.165) is 6.07 Å². The summed E-state index contributed by atoms with van der Waals surface area (Å²) < 4.78 is 18.4. The van der Waals surface area contributed by atoms with Crippen molar-refractivity contribution >= 4 is 17.7 Å². The number of hydrogen-bond acceptors (Lipinski definition) is 3. The van der Waals surface area contributed by atoms with Crippen LogP contribution in [-0.2, 0) is 4.79 Å². The predicted octanol–water partition coefficient (Wildman–Crippen LogP) is 1.78. The summed E-state index contributed by atoms with van der Waals surface area (Å²) in [6.07, 6.45) is 5.50. The Hall–Kier alpha value is -2.75. The Kier molecular flexibility index (Phi) is 4.84. The summed E-state index contributed by atoms with van der Waals surface area (Å²) >= 11 is 0. The van der Waals surface area contributed by atoms with Crippen molar-refractivity contribution < 1.29 is 23.8 Å². The number of anilines is 1. The molecule has 1 aliphatic rings. The van der Waals surface area contributed by atoms with Crippen molar-refractivity contribution in [2.45, 2.75) is 6.42 Å². The number of carboxylic acids is 1. The van der Waals surface area contributed by atoms with E-state index in [-0.39, 0.29) is 24.6 Å². The highest BCUT2D eigenvalue weighted by molar-refractivity contribution is 5.91. The van der Waals surface area contributed by atoms with Crippen LogP contribution in [0.2, 0.25) is 0 Å². The number of carboxylic acid groups (broad SMARTS) is 1. The molecule has 1 aromatic carbocycles. The van der Waals surface area contributed by atoms with Crippen molar-refractivity contribution in [3.63, 3.8) is 0 Å². The van der Waals surface area contributed by atoms with Gasteiger partial charge in [-0.25, -0.2) is 9.18 Å². The zero-order chi connectivity index (χ0) is 16.1. The molecule has 2 amide bonds. The van der Waals surface area contributed by atoms with Gasteiger partial charge in [0.25, 0.3) is 0 Å². The van der Waals surface area contributed by atoms with Gasteiger partial charge in [-0.3, -0.25) is 4.79 Å². The highest BCUT2D eigenvalue weighted by Crippen LogP contribution is 2.26. The van der Waals surface area contributed by atoms with Crippen LogP contribution in [0.1, 0.15) is 6.42 Å². The molecule has 0 bridgehead atoms.